The van der Waals surface area contributed by atoms with Crippen LogP contribution in [0.3, 0.4) is 0 Å². The molecule has 156 valence electrons. The van der Waals surface area contributed by atoms with E-state index in [0.717, 1.165) is 28.2 Å². The molecule has 0 fully saturated rings. The van der Waals surface area contributed by atoms with E-state index in [0.29, 0.717) is 10.3 Å². The maximum Gasteiger partial charge on any atom is 0.281 e. The molecule has 2 heterocycles. The summed E-state index contributed by atoms with van der Waals surface area (Å²) < 4.78 is 3.02. The Kier molecular flexibility index (Phi) is 5.64. The number of carbonyl (C=O) groups excluding carboxylic acids is 1. The van der Waals surface area contributed by atoms with Gasteiger partial charge in [0.2, 0.25) is 0 Å². The minimum Gasteiger partial charge on any atom is -0.344 e. The van der Waals surface area contributed by atoms with Crippen LogP contribution in [0, 0.1) is 24.0 Å². The Hall–Kier alpha value is -3.78. The van der Waals surface area contributed by atoms with Crippen molar-refractivity contribution in [2.24, 2.45) is 5.10 Å². The molecule has 4 rings (SSSR count). The number of hydrazone groups is 1. The molecule has 0 saturated carbocycles. The van der Waals surface area contributed by atoms with Crippen LogP contribution in [0.4, 0.5) is 5.69 Å². The van der Waals surface area contributed by atoms with Gasteiger partial charge in [-0.1, -0.05) is 30.3 Å². The number of benzene rings is 2. The first-order valence-corrected chi connectivity index (χ1v) is 10.5. The zero-order valence-electron chi connectivity index (χ0n) is 17.0. The average Bonchev–Trinajstić information content (AvgIpc) is 3.30. The van der Waals surface area contributed by atoms with E-state index < -0.39 is 4.92 Å². The Bertz CT molecular complexity index is 1310. The molecule has 1 amide bonds. The maximum absolute atomic E-state index is 12.5. The fraction of sp³-hybridized carbons (Fsp3) is 0.130. The predicted molar refractivity (Wildman–Crippen MR) is 123 cm³/mol. The van der Waals surface area contributed by atoms with Gasteiger partial charge in [-0.2, -0.15) is 5.10 Å². The lowest BCUT2D eigenvalue weighted by Gasteiger charge is -2.09. The SMILES string of the molecule is Cc1cc(C=NNC(=O)c2cc3cc([N+](=O)[O-])ccc3s2)c(C)n1Cc1ccccc1. The van der Waals surface area contributed by atoms with Gasteiger partial charge in [0.1, 0.15) is 0 Å². The Morgan fingerprint density at radius 3 is 2.68 bits per heavy atom. The highest BCUT2D eigenvalue weighted by Crippen LogP contribution is 2.28. The molecule has 0 aliphatic rings. The van der Waals surface area contributed by atoms with E-state index >= 15 is 0 Å². The lowest BCUT2D eigenvalue weighted by Crippen LogP contribution is -2.16. The quantitative estimate of drug-likeness (QED) is 0.263. The van der Waals surface area contributed by atoms with Crippen LogP contribution < -0.4 is 5.43 Å². The molecule has 0 aliphatic heterocycles. The summed E-state index contributed by atoms with van der Waals surface area (Å²) in [5.41, 5.74) is 6.87. The monoisotopic (exact) mass is 432 g/mol. The smallest absolute Gasteiger partial charge is 0.281 e. The van der Waals surface area contributed by atoms with Crippen molar-refractivity contribution >= 4 is 39.2 Å². The minimum absolute atomic E-state index is 0.00105. The van der Waals surface area contributed by atoms with E-state index in [1.807, 2.05) is 38.1 Å². The van der Waals surface area contributed by atoms with Gasteiger partial charge in [0.05, 0.1) is 16.0 Å². The number of carbonyl (C=O) groups is 1. The molecule has 0 unspecified atom stereocenters. The second-order valence-corrected chi connectivity index (χ2v) is 8.27. The van der Waals surface area contributed by atoms with Crippen LogP contribution >= 0.6 is 11.3 Å². The molecule has 1 N–H and O–H groups in total. The molecule has 2 aromatic heterocycles. The highest BCUT2D eigenvalue weighted by molar-refractivity contribution is 7.20. The van der Waals surface area contributed by atoms with E-state index in [4.69, 9.17) is 0 Å². The van der Waals surface area contributed by atoms with Gasteiger partial charge in [-0.3, -0.25) is 14.9 Å². The number of hydrogen-bond acceptors (Lipinski definition) is 5. The Morgan fingerprint density at radius 2 is 1.94 bits per heavy atom. The highest BCUT2D eigenvalue weighted by Gasteiger charge is 2.13. The predicted octanol–water partition coefficient (Wildman–Crippen LogP) is 5.04. The molecule has 31 heavy (non-hydrogen) atoms. The van der Waals surface area contributed by atoms with Gasteiger partial charge >= 0.3 is 0 Å². The first-order chi connectivity index (χ1) is 14.9. The maximum atomic E-state index is 12.5. The molecular formula is C23H20N4O3S. The van der Waals surface area contributed by atoms with Gasteiger partial charge in [0, 0.05) is 45.7 Å². The molecule has 0 saturated heterocycles. The number of hydrogen-bond donors (Lipinski definition) is 1. The second kappa shape index (κ2) is 8.53. The third kappa shape index (κ3) is 4.39. The van der Waals surface area contributed by atoms with Crippen molar-refractivity contribution < 1.29 is 9.72 Å². The number of amides is 1. The van der Waals surface area contributed by atoms with Gasteiger partial charge in [0.25, 0.3) is 11.6 Å². The topological polar surface area (TPSA) is 89.5 Å². The van der Waals surface area contributed by atoms with Crippen LogP contribution in [0.15, 0.2) is 65.8 Å². The summed E-state index contributed by atoms with van der Waals surface area (Å²) in [6.45, 7) is 4.84. The van der Waals surface area contributed by atoms with Gasteiger partial charge in [-0.15, -0.1) is 11.3 Å². The summed E-state index contributed by atoms with van der Waals surface area (Å²) in [5.74, 6) is -0.349. The molecule has 0 aliphatic carbocycles. The number of thiophene rings is 1. The summed E-state index contributed by atoms with van der Waals surface area (Å²) in [4.78, 5) is 23.4. The van der Waals surface area contributed by atoms with Crippen LogP contribution in [-0.2, 0) is 6.54 Å². The van der Waals surface area contributed by atoms with E-state index in [9.17, 15) is 14.9 Å². The average molecular weight is 433 g/mol. The number of non-ortho nitro benzene ring substituents is 1. The zero-order chi connectivity index (χ0) is 22.0. The number of nitrogens with one attached hydrogen (secondary N) is 1. The van der Waals surface area contributed by atoms with E-state index in [-0.39, 0.29) is 11.6 Å². The Morgan fingerprint density at radius 1 is 1.16 bits per heavy atom. The van der Waals surface area contributed by atoms with Crippen molar-refractivity contribution in [3.8, 4) is 0 Å². The van der Waals surface area contributed by atoms with Crippen molar-refractivity contribution in [1.29, 1.82) is 0 Å². The van der Waals surface area contributed by atoms with Crippen LogP contribution in [0.5, 0.6) is 0 Å². The van der Waals surface area contributed by atoms with Crippen LogP contribution in [-0.4, -0.2) is 21.6 Å². The van der Waals surface area contributed by atoms with E-state index in [1.165, 1.54) is 29.0 Å². The number of nitro benzene ring substituents is 1. The summed E-state index contributed by atoms with van der Waals surface area (Å²) in [5, 5.41) is 15.7. The highest BCUT2D eigenvalue weighted by atomic mass is 32.1. The normalized spacial score (nSPS) is 11.3. The lowest BCUT2D eigenvalue weighted by atomic mass is 10.2. The number of nitro groups is 1. The molecule has 2 aromatic carbocycles. The molecule has 7 nitrogen and oxygen atoms in total. The Labute approximate surface area is 182 Å². The van der Waals surface area contributed by atoms with Crippen LogP contribution in [0.2, 0.25) is 0 Å². The van der Waals surface area contributed by atoms with Crippen molar-refractivity contribution in [1.82, 2.24) is 9.99 Å². The van der Waals surface area contributed by atoms with E-state index in [2.05, 4.69) is 27.2 Å². The summed E-state index contributed by atoms with van der Waals surface area (Å²) >= 11 is 1.27. The van der Waals surface area contributed by atoms with Gasteiger partial charge in [0.15, 0.2) is 0 Å². The summed E-state index contributed by atoms with van der Waals surface area (Å²) in [6, 6.07) is 18.4. The summed E-state index contributed by atoms with van der Waals surface area (Å²) in [7, 11) is 0. The fourth-order valence-electron chi connectivity index (χ4n) is 3.44. The lowest BCUT2D eigenvalue weighted by molar-refractivity contribution is -0.384. The number of nitrogens with zero attached hydrogens (tertiary/aromatic N) is 3. The third-order valence-corrected chi connectivity index (χ3v) is 6.22. The van der Waals surface area contributed by atoms with Gasteiger partial charge < -0.3 is 4.57 Å². The molecule has 0 atom stereocenters. The number of aromatic nitrogens is 1. The Balaban J connectivity index is 1.47. The van der Waals surface area contributed by atoms with Crippen LogP contribution in [0.1, 0.15) is 32.2 Å². The number of fused-ring (bicyclic) bond motifs is 1. The molecule has 0 bridgehead atoms. The third-order valence-electron chi connectivity index (χ3n) is 5.10. The number of aryl methyl sites for hydroxylation is 1. The molecule has 0 spiro atoms. The zero-order valence-corrected chi connectivity index (χ0v) is 17.8. The van der Waals surface area contributed by atoms with Crippen molar-refractivity contribution in [3.63, 3.8) is 0 Å². The second-order valence-electron chi connectivity index (χ2n) is 7.19. The molecule has 4 aromatic rings. The number of rotatable bonds is 6. The minimum atomic E-state index is -0.449. The van der Waals surface area contributed by atoms with Gasteiger partial charge in [-0.25, -0.2) is 5.43 Å². The van der Waals surface area contributed by atoms with Crippen molar-refractivity contribution in [2.75, 3.05) is 0 Å². The van der Waals surface area contributed by atoms with Crippen LogP contribution in [0.25, 0.3) is 10.1 Å². The van der Waals surface area contributed by atoms with Gasteiger partial charge in [-0.05, 0) is 37.6 Å². The standard InChI is InChI=1S/C23H20N4O3S/c1-15-10-19(16(2)26(15)14-17-6-4-3-5-7-17)13-24-25-23(28)22-12-18-11-20(27(29)30)8-9-21(18)31-22/h3-13H,14H2,1-2H3,(H,25,28). The molecular weight excluding hydrogens is 412 g/mol. The first kappa shape index (κ1) is 20.5. The first-order valence-electron chi connectivity index (χ1n) is 9.64. The largest absolute Gasteiger partial charge is 0.344 e. The van der Waals surface area contributed by atoms with Crippen molar-refractivity contribution in [3.05, 3.63) is 98.2 Å². The fourth-order valence-corrected chi connectivity index (χ4v) is 4.37. The molecule has 0 radical (unpaired) electrons. The van der Waals surface area contributed by atoms with Crippen molar-refractivity contribution in [2.45, 2.75) is 20.4 Å². The molecule has 8 heteroatoms. The summed E-state index contributed by atoms with van der Waals surface area (Å²) in [6.07, 6.45) is 1.64. The van der Waals surface area contributed by atoms with E-state index in [1.54, 1.807) is 18.3 Å².